The van der Waals surface area contributed by atoms with Crippen molar-refractivity contribution in [3.8, 4) is 0 Å². The fraction of sp³-hybridized carbons (Fsp3) is 0.643. The van der Waals surface area contributed by atoms with E-state index in [9.17, 15) is 0 Å². The van der Waals surface area contributed by atoms with Gasteiger partial charge >= 0.3 is 0 Å². The van der Waals surface area contributed by atoms with Crippen LogP contribution in [-0.2, 0) is 11.2 Å². The molecule has 0 spiro atoms. The topological polar surface area (TPSA) is 37.4 Å². The van der Waals surface area contributed by atoms with Gasteiger partial charge in [0.05, 0.1) is 13.2 Å². The van der Waals surface area contributed by atoms with Gasteiger partial charge in [-0.05, 0) is 44.1 Å². The van der Waals surface area contributed by atoms with Crippen LogP contribution in [0, 0.1) is 0 Å². The van der Waals surface area contributed by atoms with E-state index < -0.39 is 0 Å². The number of nitrogens with zero attached hydrogens (tertiary/aromatic N) is 2. The molecule has 0 amide bonds. The van der Waals surface area contributed by atoms with E-state index in [-0.39, 0.29) is 0 Å². The van der Waals surface area contributed by atoms with Gasteiger partial charge in [0.15, 0.2) is 0 Å². The van der Waals surface area contributed by atoms with E-state index in [1.54, 1.807) is 0 Å². The highest BCUT2D eigenvalue weighted by atomic mass is 16.5. The average Bonchev–Trinajstić information content (AvgIpc) is 2.45. The van der Waals surface area contributed by atoms with Crippen LogP contribution in [0.15, 0.2) is 24.5 Å². The molecule has 4 heteroatoms. The smallest absolute Gasteiger partial charge is 0.0594 e. The zero-order chi connectivity index (χ0) is 12.5. The summed E-state index contributed by atoms with van der Waals surface area (Å²) in [4.78, 5) is 6.59. The van der Waals surface area contributed by atoms with Crippen molar-refractivity contribution in [2.24, 2.45) is 0 Å². The lowest BCUT2D eigenvalue weighted by molar-refractivity contribution is 0.0375. The summed E-state index contributed by atoms with van der Waals surface area (Å²) in [6.45, 7) is 7.30. The number of hydrogen-bond donors (Lipinski definition) is 1. The largest absolute Gasteiger partial charge is 0.379 e. The van der Waals surface area contributed by atoms with Crippen molar-refractivity contribution in [2.75, 3.05) is 45.9 Å². The Hall–Kier alpha value is -0.970. The second-order valence-electron chi connectivity index (χ2n) is 4.67. The van der Waals surface area contributed by atoms with Crippen molar-refractivity contribution < 1.29 is 4.74 Å². The summed E-state index contributed by atoms with van der Waals surface area (Å²) < 4.78 is 5.33. The Kier molecular flexibility index (Phi) is 6.12. The standard InChI is InChI=1S/C14H23N3O/c1-3-14(13-16-5-1)4-7-15-6-2-8-17-9-11-18-12-10-17/h1,3,5,13,15H,2,4,6-12H2. The molecular weight excluding hydrogens is 226 g/mol. The first-order valence-electron chi connectivity index (χ1n) is 6.85. The number of morpholine rings is 1. The van der Waals surface area contributed by atoms with Gasteiger partial charge in [-0.15, -0.1) is 0 Å². The SMILES string of the molecule is c1cncc(CCNCCCN2CCOCC2)c1. The van der Waals surface area contributed by atoms with Crippen LogP contribution in [0.4, 0.5) is 0 Å². The van der Waals surface area contributed by atoms with Crippen LogP contribution in [-0.4, -0.2) is 55.8 Å². The van der Waals surface area contributed by atoms with Gasteiger partial charge in [0, 0.05) is 25.5 Å². The fourth-order valence-electron chi connectivity index (χ4n) is 2.16. The first-order chi connectivity index (χ1) is 8.95. The molecule has 4 nitrogen and oxygen atoms in total. The number of aromatic nitrogens is 1. The summed E-state index contributed by atoms with van der Waals surface area (Å²) in [5.41, 5.74) is 1.30. The third-order valence-corrected chi connectivity index (χ3v) is 3.24. The quantitative estimate of drug-likeness (QED) is 0.730. The maximum atomic E-state index is 5.33. The Morgan fingerprint density at radius 1 is 1.28 bits per heavy atom. The third-order valence-electron chi connectivity index (χ3n) is 3.24. The van der Waals surface area contributed by atoms with E-state index in [1.807, 2.05) is 18.5 Å². The van der Waals surface area contributed by atoms with Crippen molar-refractivity contribution in [1.29, 1.82) is 0 Å². The molecule has 0 bridgehead atoms. The maximum absolute atomic E-state index is 5.33. The zero-order valence-electron chi connectivity index (χ0n) is 11.0. The van der Waals surface area contributed by atoms with Gasteiger partial charge in [0.1, 0.15) is 0 Å². The molecule has 0 saturated carbocycles. The highest BCUT2D eigenvalue weighted by Crippen LogP contribution is 1.98. The van der Waals surface area contributed by atoms with Crippen LogP contribution in [0.25, 0.3) is 0 Å². The second-order valence-corrected chi connectivity index (χ2v) is 4.67. The lowest BCUT2D eigenvalue weighted by Gasteiger charge is -2.26. The van der Waals surface area contributed by atoms with Gasteiger partial charge in [-0.25, -0.2) is 0 Å². The minimum absolute atomic E-state index is 0.897. The van der Waals surface area contributed by atoms with E-state index in [0.717, 1.165) is 45.8 Å². The average molecular weight is 249 g/mol. The molecule has 2 heterocycles. The predicted octanol–water partition coefficient (Wildman–Crippen LogP) is 0.936. The Labute approximate surface area is 109 Å². The molecular formula is C14H23N3O. The molecule has 0 aliphatic carbocycles. The molecule has 1 N–H and O–H groups in total. The van der Waals surface area contributed by atoms with Crippen LogP contribution in [0.5, 0.6) is 0 Å². The molecule has 1 aromatic heterocycles. The Bertz CT molecular complexity index is 312. The van der Waals surface area contributed by atoms with Gasteiger partial charge in [-0.3, -0.25) is 9.88 Å². The van der Waals surface area contributed by atoms with Crippen molar-refractivity contribution >= 4 is 0 Å². The Morgan fingerprint density at radius 3 is 2.94 bits per heavy atom. The highest BCUT2D eigenvalue weighted by Gasteiger charge is 2.08. The first kappa shape index (κ1) is 13.5. The maximum Gasteiger partial charge on any atom is 0.0594 e. The van der Waals surface area contributed by atoms with E-state index >= 15 is 0 Å². The molecule has 1 fully saturated rings. The summed E-state index contributed by atoms with van der Waals surface area (Å²) in [6.07, 6.45) is 6.03. The lowest BCUT2D eigenvalue weighted by Crippen LogP contribution is -2.37. The van der Waals surface area contributed by atoms with Crippen LogP contribution < -0.4 is 5.32 Å². The summed E-state index contributed by atoms with van der Waals surface area (Å²) in [5, 5.41) is 3.49. The van der Waals surface area contributed by atoms with E-state index in [0.29, 0.717) is 0 Å². The van der Waals surface area contributed by atoms with Crippen molar-refractivity contribution in [3.05, 3.63) is 30.1 Å². The van der Waals surface area contributed by atoms with Gasteiger partial charge in [0.25, 0.3) is 0 Å². The van der Waals surface area contributed by atoms with E-state index in [1.165, 1.54) is 18.5 Å². The molecule has 0 aromatic carbocycles. The fourth-order valence-corrected chi connectivity index (χ4v) is 2.16. The molecule has 100 valence electrons. The molecule has 1 aliphatic heterocycles. The Morgan fingerprint density at radius 2 is 2.17 bits per heavy atom. The van der Waals surface area contributed by atoms with E-state index in [4.69, 9.17) is 4.74 Å². The minimum atomic E-state index is 0.897. The second kappa shape index (κ2) is 8.19. The monoisotopic (exact) mass is 249 g/mol. The molecule has 1 saturated heterocycles. The Balaban J connectivity index is 1.46. The molecule has 2 rings (SSSR count). The molecule has 0 radical (unpaired) electrons. The number of ether oxygens (including phenoxy) is 1. The molecule has 0 atom stereocenters. The molecule has 18 heavy (non-hydrogen) atoms. The van der Waals surface area contributed by atoms with Crippen molar-refractivity contribution in [1.82, 2.24) is 15.2 Å². The van der Waals surface area contributed by atoms with Gasteiger partial charge in [-0.2, -0.15) is 0 Å². The van der Waals surface area contributed by atoms with Gasteiger partial charge in [0.2, 0.25) is 0 Å². The van der Waals surface area contributed by atoms with Crippen LogP contribution in [0.2, 0.25) is 0 Å². The minimum Gasteiger partial charge on any atom is -0.379 e. The van der Waals surface area contributed by atoms with E-state index in [2.05, 4.69) is 21.3 Å². The predicted molar refractivity (Wildman–Crippen MR) is 72.7 cm³/mol. The lowest BCUT2D eigenvalue weighted by atomic mass is 10.2. The third kappa shape index (κ3) is 5.12. The van der Waals surface area contributed by atoms with Gasteiger partial charge in [-0.1, -0.05) is 6.07 Å². The summed E-state index contributed by atoms with van der Waals surface area (Å²) in [5.74, 6) is 0. The molecule has 0 unspecified atom stereocenters. The first-order valence-corrected chi connectivity index (χ1v) is 6.85. The number of pyridine rings is 1. The number of rotatable bonds is 7. The number of nitrogens with one attached hydrogen (secondary N) is 1. The summed E-state index contributed by atoms with van der Waals surface area (Å²) in [7, 11) is 0. The normalized spacial score (nSPS) is 16.9. The van der Waals surface area contributed by atoms with Crippen LogP contribution >= 0.6 is 0 Å². The summed E-state index contributed by atoms with van der Waals surface area (Å²) >= 11 is 0. The zero-order valence-corrected chi connectivity index (χ0v) is 11.0. The van der Waals surface area contributed by atoms with Crippen molar-refractivity contribution in [2.45, 2.75) is 12.8 Å². The highest BCUT2D eigenvalue weighted by molar-refractivity contribution is 5.08. The number of hydrogen-bond acceptors (Lipinski definition) is 4. The van der Waals surface area contributed by atoms with Gasteiger partial charge < -0.3 is 10.1 Å². The molecule has 1 aliphatic rings. The summed E-state index contributed by atoms with van der Waals surface area (Å²) in [6, 6.07) is 4.12. The van der Waals surface area contributed by atoms with Crippen LogP contribution in [0.3, 0.4) is 0 Å². The van der Waals surface area contributed by atoms with Crippen molar-refractivity contribution in [3.63, 3.8) is 0 Å². The van der Waals surface area contributed by atoms with Crippen LogP contribution in [0.1, 0.15) is 12.0 Å². The molecule has 1 aromatic rings.